The fourth-order valence-electron chi connectivity index (χ4n) is 2.84. The third-order valence-corrected chi connectivity index (χ3v) is 4.61. The van der Waals surface area contributed by atoms with Crippen LogP contribution < -0.4 is 33.2 Å². The maximum atomic E-state index is 12.5. The quantitative estimate of drug-likeness (QED) is 0.0610. The number of aromatic nitrogens is 2. The highest BCUT2D eigenvalue weighted by molar-refractivity contribution is 5.92. The number of aliphatic carboxylic acids is 2. The number of carbonyl (C=O) groups excluding carboxylic acids is 3. The van der Waals surface area contributed by atoms with Gasteiger partial charge in [-0.15, -0.1) is 0 Å². The molecule has 35 heavy (non-hydrogen) atoms. The van der Waals surface area contributed by atoms with Crippen molar-refractivity contribution in [1.29, 1.82) is 0 Å². The Bertz CT molecular complexity index is 900. The van der Waals surface area contributed by atoms with Gasteiger partial charge in [0, 0.05) is 31.3 Å². The van der Waals surface area contributed by atoms with E-state index in [1.54, 1.807) is 0 Å². The fourth-order valence-corrected chi connectivity index (χ4v) is 2.84. The summed E-state index contributed by atoms with van der Waals surface area (Å²) < 4.78 is 0. The second-order valence-electron chi connectivity index (χ2n) is 7.51. The summed E-state index contributed by atoms with van der Waals surface area (Å²) in [6.07, 6.45) is 2.62. The second kappa shape index (κ2) is 14.8. The predicted molar refractivity (Wildman–Crippen MR) is 122 cm³/mol. The van der Waals surface area contributed by atoms with E-state index in [-0.39, 0.29) is 38.2 Å². The molecule has 0 aliphatic heterocycles. The number of carboxylic acid groups (broad SMARTS) is 2. The Morgan fingerprint density at radius 3 is 2.34 bits per heavy atom. The molecule has 0 saturated heterocycles. The lowest BCUT2D eigenvalue weighted by Crippen LogP contribution is -2.54. The normalized spacial score (nSPS) is 13.1. The van der Waals surface area contributed by atoms with Crippen LogP contribution in [0.15, 0.2) is 17.5 Å². The lowest BCUT2D eigenvalue weighted by Gasteiger charge is -2.20. The number of H-pyrrole nitrogens is 1. The number of nitrogens with two attached hydrogens (primary N) is 3. The van der Waals surface area contributed by atoms with E-state index in [1.807, 2.05) is 0 Å². The van der Waals surface area contributed by atoms with E-state index in [0.717, 1.165) is 0 Å². The molecule has 0 fully saturated rings. The van der Waals surface area contributed by atoms with Gasteiger partial charge in [0.25, 0.3) is 0 Å². The van der Waals surface area contributed by atoms with Crippen LogP contribution in [0.3, 0.4) is 0 Å². The summed E-state index contributed by atoms with van der Waals surface area (Å²) in [5.41, 5.74) is 16.8. The molecule has 1 aromatic heterocycles. The molecule has 0 bridgehead atoms. The summed E-state index contributed by atoms with van der Waals surface area (Å²) in [5.74, 6) is -4.96. The Labute approximate surface area is 200 Å². The molecule has 0 aliphatic rings. The van der Waals surface area contributed by atoms with Gasteiger partial charge in [-0.3, -0.25) is 24.2 Å². The van der Waals surface area contributed by atoms with E-state index in [9.17, 15) is 29.1 Å². The molecule has 1 rings (SSSR count). The first kappa shape index (κ1) is 28.8. The zero-order valence-corrected chi connectivity index (χ0v) is 18.9. The minimum absolute atomic E-state index is 0.0390. The highest BCUT2D eigenvalue weighted by atomic mass is 16.4. The van der Waals surface area contributed by atoms with Crippen LogP contribution in [0.4, 0.5) is 0 Å². The van der Waals surface area contributed by atoms with E-state index >= 15 is 0 Å². The van der Waals surface area contributed by atoms with Crippen molar-refractivity contribution in [3.63, 3.8) is 0 Å². The zero-order valence-electron chi connectivity index (χ0n) is 18.9. The van der Waals surface area contributed by atoms with Crippen molar-refractivity contribution in [2.75, 3.05) is 13.1 Å². The van der Waals surface area contributed by atoms with Crippen LogP contribution in [0.1, 0.15) is 31.4 Å². The number of imidazole rings is 1. The van der Waals surface area contributed by atoms with Gasteiger partial charge in [0.05, 0.1) is 18.9 Å². The summed E-state index contributed by atoms with van der Waals surface area (Å²) in [7, 11) is 0. The van der Waals surface area contributed by atoms with E-state index < -0.39 is 60.8 Å². The van der Waals surface area contributed by atoms with Crippen molar-refractivity contribution in [2.24, 2.45) is 22.2 Å². The van der Waals surface area contributed by atoms with Crippen LogP contribution in [0.5, 0.6) is 0 Å². The minimum Gasteiger partial charge on any atom is -0.481 e. The number of hydrogen-bond acceptors (Lipinski definition) is 8. The van der Waals surface area contributed by atoms with Crippen LogP contribution in [0.2, 0.25) is 0 Å². The third kappa shape index (κ3) is 12.0. The van der Waals surface area contributed by atoms with Gasteiger partial charge in [-0.25, -0.2) is 9.78 Å². The summed E-state index contributed by atoms with van der Waals surface area (Å²) >= 11 is 0. The molecule has 0 spiro atoms. The monoisotopic (exact) mass is 497 g/mol. The first-order valence-electron chi connectivity index (χ1n) is 10.6. The van der Waals surface area contributed by atoms with Crippen LogP contribution >= 0.6 is 0 Å². The van der Waals surface area contributed by atoms with E-state index in [1.165, 1.54) is 12.5 Å². The van der Waals surface area contributed by atoms with E-state index in [2.05, 4.69) is 30.9 Å². The Hall–Kier alpha value is -4.21. The van der Waals surface area contributed by atoms with E-state index in [0.29, 0.717) is 5.69 Å². The van der Waals surface area contributed by atoms with Gasteiger partial charge in [-0.2, -0.15) is 0 Å². The van der Waals surface area contributed by atoms with Crippen molar-refractivity contribution in [3.05, 3.63) is 18.2 Å². The molecule has 3 unspecified atom stereocenters. The molecule has 3 atom stereocenters. The van der Waals surface area contributed by atoms with Crippen molar-refractivity contribution >= 4 is 35.6 Å². The largest absolute Gasteiger partial charge is 0.481 e. The maximum Gasteiger partial charge on any atom is 0.326 e. The average molecular weight is 498 g/mol. The van der Waals surface area contributed by atoms with Gasteiger partial charge in [0.15, 0.2) is 5.96 Å². The number of carbonyl (C=O) groups is 5. The molecule has 3 amide bonds. The van der Waals surface area contributed by atoms with Crippen molar-refractivity contribution in [2.45, 2.75) is 50.2 Å². The lowest BCUT2D eigenvalue weighted by molar-refractivity contribution is -0.142. The standard InChI is InChI=1S/C19H31N9O7/c20-11(6-10-7-23-9-26-10)16(32)28-12(3-4-15(30)31)17(33)25-8-14(29)27-13(18(34)35)2-1-5-24-19(21)22/h7,9,11-13H,1-6,8,20H2,(H,23,26)(H,25,33)(H,27,29)(H,28,32)(H,30,31)(H,34,35)(H4,21,22,24). The Balaban J connectivity index is 2.63. The SMILES string of the molecule is NC(N)=NCCCC(NC(=O)CNC(=O)C(CCC(=O)O)NC(=O)C(N)Cc1cnc[nH]1)C(=O)O. The lowest BCUT2D eigenvalue weighted by atomic mass is 10.1. The minimum atomic E-state index is -1.28. The van der Waals surface area contributed by atoms with Crippen molar-refractivity contribution in [3.8, 4) is 0 Å². The zero-order chi connectivity index (χ0) is 26.4. The predicted octanol–water partition coefficient (Wildman–Crippen LogP) is -3.63. The average Bonchev–Trinajstić information content (AvgIpc) is 3.29. The molecule has 1 aromatic rings. The Morgan fingerprint density at radius 2 is 1.77 bits per heavy atom. The van der Waals surface area contributed by atoms with Crippen LogP contribution in [-0.2, 0) is 30.4 Å². The number of rotatable bonds is 16. The smallest absolute Gasteiger partial charge is 0.326 e. The third-order valence-electron chi connectivity index (χ3n) is 4.61. The van der Waals surface area contributed by atoms with Crippen LogP contribution in [0, 0.1) is 0 Å². The highest BCUT2D eigenvalue weighted by Crippen LogP contribution is 2.02. The molecule has 16 nitrogen and oxygen atoms in total. The van der Waals surface area contributed by atoms with Gasteiger partial charge in [-0.05, 0) is 19.3 Å². The summed E-state index contributed by atoms with van der Waals surface area (Å²) in [4.78, 5) is 69.6. The van der Waals surface area contributed by atoms with Gasteiger partial charge in [0.1, 0.15) is 12.1 Å². The number of aliphatic imine (C=N–C) groups is 1. The molecular formula is C19H31N9O7. The number of aromatic amines is 1. The van der Waals surface area contributed by atoms with E-state index in [4.69, 9.17) is 22.3 Å². The Morgan fingerprint density at radius 1 is 1.06 bits per heavy atom. The first-order chi connectivity index (χ1) is 16.5. The van der Waals surface area contributed by atoms with Gasteiger partial charge >= 0.3 is 11.9 Å². The number of amides is 3. The molecule has 0 radical (unpaired) electrons. The number of nitrogens with one attached hydrogen (secondary N) is 4. The molecule has 16 heteroatoms. The van der Waals surface area contributed by atoms with Crippen molar-refractivity contribution < 1.29 is 34.2 Å². The van der Waals surface area contributed by atoms with Gasteiger partial charge in [0.2, 0.25) is 17.7 Å². The molecule has 0 saturated carbocycles. The molecular weight excluding hydrogens is 466 g/mol. The van der Waals surface area contributed by atoms with Crippen LogP contribution in [-0.4, -0.2) is 87.0 Å². The number of guanidine groups is 1. The second-order valence-corrected chi connectivity index (χ2v) is 7.51. The number of carboxylic acids is 2. The maximum absolute atomic E-state index is 12.5. The highest BCUT2D eigenvalue weighted by Gasteiger charge is 2.26. The van der Waals surface area contributed by atoms with Gasteiger partial charge < -0.3 is 48.3 Å². The fraction of sp³-hybridized carbons (Fsp3) is 0.526. The molecule has 0 aromatic carbocycles. The van der Waals surface area contributed by atoms with Crippen LogP contribution in [0.25, 0.3) is 0 Å². The Kier molecular flexibility index (Phi) is 12.2. The summed E-state index contributed by atoms with van der Waals surface area (Å²) in [5, 5.41) is 25.1. The topological polar surface area (TPSA) is 281 Å². The molecule has 0 aliphatic carbocycles. The number of hydrogen-bond donors (Lipinski definition) is 9. The summed E-state index contributed by atoms with van der Waals surface area (Å²) in [6, 6.07) is -3.57. The molecule has 194 valence electrons. The molecule has 1 heterocycles. The number of nitrogens with zero attached hydrogens (tertiary/aromatic N) is 2. The summed E-state index contributed by atoms with van der Waals surface area (Å²) in [6.45, 7) is -0.428. The first-order valence-corrected chi connectivity index (χ1v) is 10.6. The van der Waals surface area contributed by atoms with Crippen molar-refractivity contribution in [1.82, 2.24) is 25.9 Å². The van der Waals surface area contributed by atoms with Gasteiger partial charge in [-0.1, -0.05) is 0 Å². The molecule has 12 N–H and O–H groups in total.